The van der Waals surface area contributed by atoms with E-state index in [4.69, 9.17) is 30.5 Å². The Kier molecular flexibility index (Phi) is 11.6. The summed E-state index contributed by atoms with van der Waals surface area (Å²) >= 11 is 6.21. The Labute approximate surface area is 232 Å². The molecular weight excluding hydrogens is 502 g/mol. The molecule has 1 radical (unpaired) electrons. The Bertz CT molecular complexity index is 1150. The van der Waals surface area contributed by atoms with E-state index in [1.807, 2.05) is 55.5 Å². The highest BCUT2D eigenvalue weighted by Crippen LogP contribution is 2.36. The summed E-state index contributed by atoms with van der Waals surface area (Å²) in [5.74, 6) is 2.74. The molecule has 0 saturated carbocycles. The first-order chi connectivity index (χ1) is 18.4. The van der Waals surface area contributed by atoms with Gasteiger partial charge in [-0.25, -0.2) is 0 Å². The predicted molar refractivity (Wildman–Crippen MR) is 152 cm³/mol. The van der Waals surface area contributed by atoms with Crippen molar-refractivity contribution in [3.63, 3.8) is 0 Å². The minimum Gasteiger partial charge on any atom is -0.493 e. The van der Waals surface area contributed by atoms with Gasteiger partial charge in [0.05, 0.1) is 34.0 Å². The van der Waals surface area contributed by atoms with E-state index < -0.39 is 6.10 Å². The first kappa shape index (κ1) is 29.6. The molecule has 3 aromatic rings. The van der Waals surface area contributed by atoms with Crippen LogP contribution in [-0.2, 0) is 6.54 Å². The van der Waals surface area contributed by atoms with E-state index in [0.29, 0.717) is 42.0 Å². The van der Waals surface area contributed by atoms with Crippen molar-refractivity contribution in [2.75, 3.05) is 34.5 Å². The zero-order chi connectivity index (χ0) is 27.5. The van der Waals surface area contributed by atoms with Gasteiger partial charge in [0.15, 0.2) is 23.0 Å². The van der Waals surface area contributed by atoms with Gasteiger partial charge in [-0.05, 0) is 65.9 Å². The molecule has 0 fully saturated rings. The molecule has 0 bridgehead atoms. The van der Waals surface area contributed by atoms with Gasteiger partial charge in [-0.15, -0.1) is 0 Å². The maximum atomic E-state index is 11.2. The maximum Gasteiger partial charge on any atom is 0.161 e. The molecule has 0 heterocycles. The number of unbranched alkanes of at least 4 members (excludes halogenated alkanes) is 1. The lowest BCUT2D eigenvalue weighted by Crippen LogP contribution is -2.32. The largest absolute Gasteiger partial charge is 0.493 e. The summed E-state index contributed by atoms with van der Waals surface area (Å²) in [7, 11) is 4.90. The molecule has 3 rings (SSSR count). The third-order valence-corrected chi connectivity index (χ3v) is 6.70. The molecule has 2 atom stereocenters. The van der Waals surface area contributed by atoms with Crippen molar-refractivity contribution >= 4 is 11.6 Å². The number of hydrogen-bond acceptors (Lipinski definition) is 6. The zero-order valence-electron chi connectivity index (χ0n) is 22.9. The van der Waals surface area contributed by atoms with Crippen molar-refractivity contribution in [1.82, 2.24) is 4.90 Å². The molecule has 0 aliphatic heterocycles. The number of methoxy groups -OCH3 is 3. The van der Waals surface area contributed by atoms with Gasteiger partial charge in [0.25, 0.3) is 0 Å². The minimum atomic E-state index is -0.741. The van der Waals surface area contributed by atoms with Crippen LogP contribution >= 0.6 is 11.6 Å². The van der Waals surface area contributed by atoms with Crippen molar-refractivity contribution in [2.45, 2.75) is 45.4 Å². The van der Waals surface area contributed by atoms with Crippen LogP contribution in [0.5, 0.6) is 23.0 Å². The summed E-state index contributed by atoms with van der Waals surface area (Å²) in [4.78, 5) is 2.22. The molecule has 205 valence electrons. The summed E-state index contributed by atoms with van der Waals surface area (Å²) in [5.41, 5.74) is 2.83. The number of ether oxygens (including phenoxy) is 4. The maximum absolute atomic E-state index is 11.2. The van der Waals surface area contributed by atoms with Crippen LogP contribution in [0.3, 0.4) is 0 Å². The average Bonchev–Trinajstić information content (AvgIpc) is 2.93. The highest BCUT2D eigenvalue weighted by atomic mass is 35.5. The molecule has 0 aliphatic rings. The number of rotatable bonds is 15. The van der Waals surface area contributed by atoms with Crippen molar-refractivity contribution < 1.29 is 24.1 Å². The molecule has 0 amide bonds. The van der Waals surface area contributed by atoms with E-state index >= 15 is 0 Å². The third kappa shape index (κ3) is 7.79. The molecule has 1 N–H and O–H groups in total. The van der Waals surface area contributed by atoms with Crippen molar-refractivity contribution in [1.29, 1.82) is 0 Å². The van der Waals surface area contributed by atoms with Crippen molar-refractivity contribution in [3.8, 4) is 23.0 Å². The third-order valence-electron chi connectivity index (χ3n) is 6.47. The standard InChI is InChI=1S/C31H39ClNO5/c1-6-8-16-38-29-14-12-22(17-30(29)36-4)20-33(21-27(34)24-10-9-11-25(32)18-24)26(7-2)23-13-15-28(35-3)31(19-23)37-5/h7,9-15,17-19,26-27,34H,6,8,16,20-21H2,1-5H3/t26-,27?/m1/s1. The number of halogens is 1. The van der Waals surface area contributed by atoms with Crippen LogP contribution < -0.4 is 18.9 Å². The Morgan fingerprint density at radius 3 is 2.24 bits per heavy atom. The van der Waals surface area contributed by atoms with E-state index in [-0.39, 0.29) is 6.04 Å². The average molecular weight is 541 g/mol. The molecule has 0 aliphatic carbocycles. The molecule has 6 nitrogen and oxygen atoms in total. The number of aliphatic hydroxyl groups excluding tert-OH is 1. The molecule has 3 aromatic carbocycles. The Hall–Kier alpha value is -2.93. The molecule has 7 heteroatoms. The van der Waals surface area contributed by atoms with Crippen molar-refractivity contribution in [3.05, 3.63) is 88.8 Å². The highest BCUT2D eigenvalue weighted by molar-refractivity contribution is 6.30. The quantitative estimate of drug-likeness (QED) is 0.208. The summed E-state index contributed by atoms with van der Waals surface area (Å²) in [5, 5.41) is 11.8. The topological polar surface area (TPSA) is 60.4 Å². The number of aliphatic hydroxyl groups is 1. The SMILES string of the molecule is C[CH][C@H](c1ccc(OC)c(OC)c1)N(Cc1ccc(OCCCC)c(OC)c1)CC(O)c1cccc(Cl)c1. The monoisotopic (exact) mass is 540 g/mol. The van der Waals surface area contributed by atoms with Crippen LogP contribution in [0.2, 0.25) is 5.02 Å². The van der Waals surface area contributed by atoms with Gasteiger partial charge in [0.1, 0.15) is 0 Å². The highest BCUT2D eigenvalue weighted by Gasteiger charge is 2.25. The normalized spacial score (nSPS) is 12.7. The van der Waals surface area contributed by atoms with Gasteiger partial charge in [0, 0.05) is 24.2 Å². The summed E-state index contributed by atoms with van der Waals surface area (Å²) in [6, 6.07) is 19.1. The smallest absolute Gasteiger partial charge is 0.161 e. The zero-order valence-corrected chi connectivity index (χ0v) is 23.7. The van der Waals surface area contributed by atoms with Crippen molar-refractivity contribution in [2.24, 2.45) is 0 Å². The lowest BCUT2D eigenvalue weighted by atomic mass is 9.99. The van der Waals surface area contributed by atoms with Crippen LogP contribution in [0, 0.1) is 6.42 Å². The molecular formula is C31H39ClNO5. The molecule has 0 saturated heterocycles. The van der Waals surface area contributed by atoms with E-state index in [0.717, 1.165) is 35.3 Å². The fourth-order valence-corrected chi connectivity index (χ4v) is 4.66. The van der Waals surface area contributed by atoms with Gasteiger partial charge < -0.3 is 24.1 Å². The van der Waals surface area contributed by atoms with Gasteiger partial charge in [-0.1, -0.05) is 56.1 Å². The van der Waals surface area contributed by atoms with Gasteiger partial charge >= 0.3 is 0 Å². The molecule has 1 unspecified atom stereocenters. The number of benzene rings is 3. The van der Waals surface area contributed by atoms with Crippen LogP contribution in [-0.4, -0.2) is 44.5 Å². The summed E-state index contributed by atoms with van der Waals surface area (Å²) in [6.07, 6.45) is 3.43. The van der Waals surface area contributed by atoms with Crippen LogP contribution in [0.1, 0.15) is 55.5 Å². The Morgan fingerprint density at radius 2 is 1.58 bits per heavy atom. The summed E-state index contributed by atoms with van der Waals surface area (Å²) in [6.45, 7) is 5.74. The second-order valence-corrected chi connectivity index (χ2v) is 9.52. The van der Waals surface area contributed by atoms with E-state index in [2.05, 4.69) is 18.2 Å². The van der Waals surface area contributed by atoms with Crippen LogP contribution in [0.25, 0.3) is 0 Å². The number of hydrogen-bond donors (Lipinski definition) is 1. The first-order valence-electron chi connectivity index (χ1n) is 12.9. The van der Waals surface area contributed by atoms with E-state index in [9.17, 15) is 5.11 Å². The van der Waals surface area contributed by atoms with Gasteiger partial charge in [-0.2, -0.15) is 0 Å². The fraction of sp³-hybridized carbons (Fsp3) is 0.387. The molecule has 0 aromatic heterocycles. The van der Waals surface area contributed by atoms with E-state index in [1.54, 1.807) is 33.5 Å². The summed E-state index contributed by atoms with van der Waals surface area (Å²) < 4.78 is 22.6. The second-order valence-electron chi connectivity index (χ2n) is 9.08. The van der Waals surface area contributed by atoms with Gasteiger partial charge in [-0.3, -0.25) is 4.90 Å². The Morgan fingerprint density at radius 1 is 0.868 bits per heavy atom. The lowest BCUT2D eigenvalue weighted by Gasteiger charge is -2.33. The molecule has 38 heavy (non-hydrogen) atoms. The second kappa shape index (κ2) is 14.9. The predicted octanol–water partition coefficient (Wildman–Crippen LogP) is 7.05. The molecule has 0 spiro atoms. The number of nitrogens with zero attached hydrogens (tertiary/aromatic N) is 1. The first-order valence-corrected chi connectivity index (χ1v) is 13.3. The van der Waals surface area contributed by atoms with E-state index in [1.165, 1.54) is 0 Å². The van der Waals surface area contributed by atoms with Crippen LogP contribution in [0.4, 0.5) is 0 Å². The Balaban J connectivity index is 1.95. The lowest BCUT2D eigenvalue weighted by molar-refractivity contribution is 0.0893. The minimum absolute atomic E-state index is 0.116. The van der Waals surface area contributed by atoms with Crippen LogP contribution in [0.15, 0.2) is 60.7 Å². The fourth-order valence-electron chi connectivity index (χ4n) is 4.46. The van der Waals surface area contributed by atoms with Gasteiger partial charge in [0.2, 0.25) is 0 Å².